The van der Waals surface area contributed by atoms with Gasteiger partial charge in [0.2, 0.25) is 0 Å². The van der Waals surface area contributed by atoms with Crippen LogP contribution in [0, 0.1) is 0 Å². The first-order chi connectivity index (χ1) is 5.54. The third-order valence-electron chi connectivity index (χ3n) is 0.631. The Morgan fingerprint density at radius 2 is 1.08 bits per heavy atom. The fraction of sp³-hybridized carbons (Fsp3) is 1.00. The lowest BCUT2D eigenvalue weighted by Gasteiger charge is -1.91. The predicted octanol–water partition coefficient (Wildman–Crippen LogP) is -2.02. The van der Waals surface area contributed by atoms with Crippen LogP contribution in [0.3, 0.4) is 0 Å². The second-order valence-electron chi connectivity index (χ2n) is 1.56. The lowest BCUT2D eigenvalue weighted by molar-refractivity contribution is 0.195. The summed E-state index contributed by atoms with van der Waals surface area (Å²) < 4.78 is 8.31. The van der Waals surface area contributed by atoms with Crippen LogP contribution in [-0.2, 0) is 9.31 Å². The van der Waals surface area contributed by atoms with E-state index in [9.17, 15) is 0 Å². The number of hydrogen-bond donors (Lipinski definition) is 4. The summed E-state index contributed by atoms with van der Waals surface area (Å²) in [6.45, 7) is 4.02. The van der Waals surface area contributed by atoms with Crippen molar-refractivity contribution in [3.05, 3.63) is 0 Å². The van der Waals surface area contributed by atoms with Crippen molar-refractivity contribution in [3.8, 4) is 0 Å². The fourth-order valence-electron chi connectivity index (χ4n) is 0.298. The molecule has 0 spiro atoms. The van der Waals surface area contributed by atoms with Crippen molar-refractivity contribution in [3.63, 3.8) is 0 Å². The standard InChI is InChI=1S/2C2H7BO3/c2*1-2-6-3(4)5/h2*4-5H,2H2,1H3. The maximum absolute atomic E-state index is 7.89. The summed E-state index contributed by atoms with van der Waals surface area (Å²) in [4.78, 5) is 0. The van der Waals surface area contributed by atoms with Crippen molar-refractivity contribution >= 4 is 14.6 Å². The van der Waals surface area contributed by atoms with Gasteiger partial charge in [-0.15, -0.1) is 0 Å². The summed E-state index contributed by atoms with van der Waals surface area (Å²) in [7, 11) is -3.20. The highest BCUT2D eigenvalue weighted by Crippen LogP contribution is 1.69. The highest BCUT2D eigenvalue weighted by atomic mass is 16.6. The summed E-state index contributed by atoms with van der Waals surface area (Å²) in [5.41, 5.74) is 0. The SMILES string of the molecule is CCOB(O)O.CCOB(O)O. The molecule has 0 bridgehead atoms. The van der Waals surface area contributed by atoms with E-state index in [1.54, 1.807) is 13.8 Å². The van der Waals surface area contributed by atoms with Gasteiger partial charge in [0.25, 0.3) is 0 Å². The molecule has 0 saturated heterocycles. The third kappa shape index (κ3) is 22.5. The highest BCUT2D eigenvalue weighted by molar-refractivity contribution is 6.32. The van der Waals surface area contributed by atoms with Crippen molar-refractivity contribution in [2.75, 3.05) is 13.2 Å². The van der Waals surface area contributed by atoms with E-state index < -0.39 is 14.6 Å². The molecule has 0 heterocycles. The quantitative estimate of drug-likeness (QED) is 0.372. The second-order valence-corrected chi connectivity index (χ2v) is 1.56. The Labute approximate surface area is 72.1 Å². The first kappa shape index (κ1) is 14.4. The smallest absolute Gasteiger partial charge is 0.402 e. The van der Waals surface area contributed by atoms with Gasteiger partial charge in [0, 0.05) is 13.2 Å². The average Bonchev–Trinajstić information content (AvgIpc) is 1.87. The molecular weight excluding hydrogens is 166 g/mol. The van der Waals surface area contributed by atoms with Gasteiger partial charge in [0.05, 0.1) is 0 Å². The van der Waals surface area contributed by atoms with Gasteiger partial charge in [-0.2, -0.15) is 0 Å². The average molecular weight is 180 g/mol. The normalized spacial score (nSPS) is 8.50. The number of hydrogen-bond acceptors (Lipinski definition) is 6. The van der Waals surface area contributed by atoms with E-state index >= 15 is 0 Å². The Hall–Kier alpha value is -0.110. The monoisotopic (exact) mass is 180 g/mol. The molecule has 0 aromatic carbocycles. The molecule has 4 N–H and O–H groups in total. The largest absolute Gasteiger partial charge is 0.633 e. The first-order valence-electron chi connectivity index (χ1n) is 3.50. The molecule has 12 heavy (non-hydrogen) atoms. The van der Waals surface area contributed by atoms with E-state index in [0.29, 0.717) is 13.2 Å². The molecule has 8 heteroatoms. The highest BCUT2D eigenvalue weighted by Gasteiger charge is 2.03. The van der Waals surface area contributed by atoms with Gasteiger partial charge >= 0.3 is 14.6 Å². The van der Waals surface area contributed by atoms with Crippen molar-refractivity contribution in [2.45, 2.75) is 13.8 Å². The van der Waals surface area contributed by atoms with Crippen LogP contribution >= 0.6 is 0 Å². The molecule has 0 aliphatic carbocycles. The van der Waals surface area contributed by atoms with E-state index in [1.807, 2.05) is 0 Å². The van der Waals surface area contributed by atoms with Gasteiger partial charge in [-0.05, 0) is 13.8 Å². The molecule has 0 aliphatic rings. The topological polar surface area (TPSA) is 99.4 Å². The van der Waals surface area contributed by atoms with Gasteiger partial charge < -0.3 is 29.4 Å². The van der Waals surface area contributed by atoms with E-state index in [-0.39, 0.29) is 0 Å². The Balaban J connectivity index is 0. The molecular formula is C4H14B2O6. The van der Waals surface area contributed by atoms with Gasteiger partial charge in [-0.25, -0.2) is 0 Å². The molecule has 0 unspecified atom stereocenters. The van der Waals surface area contributed by atoms with Crippen LogP contribution in [0.1, 0.15) is 13.8 Å². The number of rotatable bonds is 4. The Morgan fingerprint density at radius 3 is 1.08 bits per heavy atom. The van der Waals surface area contributed by atoms with Crippen LogP contribution < -0.4 is 0 Å². The van der Waals surface area contributed by atoms with E-state index in [4.69, 9.17) is 20.1 Å². The van der Waals surface area contributed by atoms with Gasteiger partial charge in [0.1, 0.15) is 0 Å². The minimum absolute atomic E-state index is 0.331. The zero-order valence-corrected chi connectivity index (χ0v) is 7.17. The molecule has 0 amide bonds. The van der Waals surface area contributed by atoms with Crippen LogP contribution in [0.4, 0.5) is 0 Å². The predicted molar refractivity (Wildman–Crippen MR) is 43.6 cm³/mol. The van der Waals surface area contributed by atoms with Gasteiger partial charge in [-0.3, -0.25) is 0 Å². The van der Waals surface area contributed by atoms with Crippen LogP contribution in [0.2, 0.25) is 0 Å². The second kappa shape index (κ2) is 10.9. The molecule has 0 aliphatic heterocycles. The Bertz CT molecular complexity index is 69.9. The summed E-state index contributed by atoms with van der Waals surface area (Å²) in [5, 5.41) is 31.5. The maximum atomic E-state index is 7.89. The zero-order valence-electron chi connectivity index (χ0n) is 7.17. The summed E-state index contributed by atoms with van der Waals surface area (Å²) in [6, 6.07) is 0. The lowest BCUT2D eigenvalue weighted by Crippen LogP contribution is -2.15. The van der Waals surface area contributed by atoms with Crippen molar-refractivity contribution in [1.82, 2.24) is 0 Å². The van der Waals surface area contributed by atoms with Crippen LogP contribution in [0.15, 0.2) is 0 Å². The van der Waals surface area contributed by atoms with E-state index in [1.165, 1.54) is 0 Å². The summed E-state index contributed by atoms with van der Waals surface area (Å²) in [6.07, 6.45) is 0. The van der Waals surface area contributed by atoms with Crippen LogP contribution in [0.5, 0.6) is 0 Å². The van der Waals surface area contributed by atoms with Crippen molar-refractivity contribution < 1.29 is 29.4 Å². The third-order valence-corrected chi connectivity index (χ3v) is 0.631. The molecule has 6 nitrogen and oxygen atoms in total. The maximum Gasteiger partial charge on any atom is 0.633 e. The molecule has 0 aromatic heterocycles. The molecule has 0 radical (unpaired) electrons. The minimum atomic E-state index is -1.60. The lowest BCUT2D eigenvalue weighted by atomic mass is 10.3. The Morgan fingerprint density at radius 1 is 0.833 bits per heavy atom. The Kier molecular flexibility index (Phi) is 13.1. The molecule has 0 atom stereocenters. The molecule has 0 fully saturated rings. The molecule has 0 aromatic rings. The minimum Gasteiger partial charge on any atom is -0.402 e. The van der Waals surface area contributed by atoms with Crippen LogP contribution in [0.25, 0.3) is 0 Å². The molecule has 0 rings (SSSR count). The van der Waals surface area contributed by atoms with Gasteiger partial charge in [0.15, 0.2) is 0 Å². The fourth-order valence-corrected chi connectivity index (χ4v) is 0.298. The molecule has 72 valence electrons. The molecule has 0 saturated carbocycles. The summed E-state index contributed by atoms with van der Waals surface area (Å²) in [5.74, 6) is 0. The van der Waals surface area contributed by atoms with E-state index in [0.717, 1.165) is 0 Å². The van der Waals surface area contributed by atoms with Crippen molar-refractivity contribution in [1.29, 1.82) is 0 Å². The van der Waals surface area contributed by atoms with Gasteiger partial charge in [-0.1, -0.05) is 0 Å². The first-order valence-corrected chi connectivity index (χ1v) is 3.50. The summed E-state index contributed by atoms with van der Waals surface area (Å²) >= 11 is 0. The van der Waals surface area contributed by atoms with Crippen LogP contribution in [-0.4, -0.2) is 48.0 Å². The van der Waals surface area contributed by atoms with Crippen molar-refractivity contribution in [2.24, 2.45) is 0 Å². The van der Waals surface area contributed by atoms with E-state index in [2.05, 4.69) is 9.31 Å². The zero-order chi connectivity index (χ0) is 9.98.